The van der Waals surface area contributed by atoms with Crippen molar-refractivity contribution in [1.29, 1.82) is 0 Å². The number of carbonyl (C=O) groups excluding carboxylic acids is 1. The molecule has 2 aromatic rings. The zero-order valence-corrected chi connectivity index (χ0v) is 15.6. The number of hydrogen-bond donors (Lipinski definition) is 2. The zero-order chi connectivity index (χ0) is 18.5. The summed E-state index contributed by atoms with van der Waals surface area (Å²) in [6.45, 7) is 0.225. The molecular weight excluding hydrogens is 375 g/mol. The van der Waals surface area contributed by atoms with E-state index in [9.17, 15) is 9.90 Å². The molecule has 0 aliphatic heterocycles. The average molecular weight is 395 g/mol. The van der Waals surface area contributed by atoms with Crippen molar-refractivity contribution in [2.75, 3.05) is 6.61 Å². The highest BCUT2D eigenvalue weighted by atomic mass is 35.5. The molecular formula is C19H20Cl2N2O3. The van der Waals surface area contributed by atoms with Crippen molar-refractivity contribution in [2.45, 2.75) is 31.7 Å². The third kappa shape index (κ3) is 4.67. The van der Waals surface area contributed by atoms with Crippen LogP contribution < -0.4 is 10.1 Å². The van der Waals surface area contributed by atoms with Crippen LogP contribution in [-0.2, 0) is 0 Å². The molecule has 138 valence electrons. The topological polar surface area (TPSA) is 71.5 Å². The van der Waals surface area contributed by atoms with Crippen molar-refractivity contribution in [3.8, 4) is 11.6 Å². The van der Waals surface area contributed by atoms with Gasteiger partial charge in [0.1, 0.15) is 10.8 Å². The van der Waals surface area contributed by atoms with Crippen molar-refractivity contribution in [3.63, 3.8) is 0 Å². The van der Waals surface area contributed by atoms with Crippen LogP contribution in [0.3, 0.4) is 0 Å². The molecule has 1 aromatic carbocycles. The largest absolute Gasteiger partial charge is 0.437 e. The summed E-state index contributed by atoms with van der Waals surface area (Å²) >= 11 is 12.0. The summed E-state index contributed by atoms with van der Waals surface area (Å²) in [6.07, 6.45) is 5.12. The van der Waals surface area contributed by atoms with E-state index in [1.807, 2.05) is 0 Å². The smallest absolute Gasteiger partial charge is 0.253 e. The Hall–Kier alpha value is -1.82. The molecule has 1 aliphatic rings. The highest BCUT2D eigenvalue weighted by molar-refractivity contribution is 6.42. The summed E-state index contributed by atoms with van der Waals surface area (Å²) in [7, 11) is 0. The quantitative estimate of drug-likeness (QED) is 0.784. The molecule has 0 unspecified atom stereocenters. The van der Waals surface area contributed by atoms with Gasteiger partial charge < -0.3 is 15.2 Å². The summed E-state index contributed by atoms with van der Waals surface area (Å²) in [5.74, 6) is 0.940. The van der Waals surface area contributed by atoms with E-state index in [1.165, 1.54) is 6.20 Å². The van der Waals surface area contributed by atoms with Crippen LogP contribution >= 0.6 is 23.2 Å². The van der Waals surface area contributed by atoms with E-state index >= 15 is 0 Å². The number of nitrogens with zero attached hydrogens (tertiary/aromatic N) is 1. The molecule has 1 heterocycles. The van der Waals surface area contributed by atoms with Gasteiger partial charge in [-0.15, -0.1) is 0 Å². The van der Waals surface area contributed by atoms with E-state index in [0.29, 0.717) is 33.2 Å². The lowest BCUT2D eigenvalue weighted by Crippen LogP contribution is -2.38. The normalized spacial score (nSPS) is 19.8. The number of carbonyl (C=O) groups is 1. The highest BCUT2D eigenvalue weighted by Crippen LogP contribution is 2.34. The lowest BCUT2D eigenvalue weighted by atomic mass is 9.86. The minimum atomic E-state index is -0.155. The van der Waals surface area contributed by atoms with Crippen LogP contribution in [0.15, 0.2) is 36.5 Å². The van der Waals surface area contributed by atoms with Crippen LogP contribution in [0.2, 0.25) is 10.0 Å². The SMILES string of the molecule is O=C(NC1CCC(CO)CC1)c1ccc(Oc2cccc(Cl)c2Cl)nc1. The minimum Gasteiger partial charge on any atom is -0.437 e. The molecule has 1 amide bonds. The fraction of sp³-hybridized carbons (Fsp3) is 0.368. The molecule has 0 radical (unpaired) electrons. The van der Waals surface area contributed by atoms with Gasteiger partial charge in [-0.1, -0.05) is 29.3 Å². The summed E-state index contributed by atoms with van der Waals surface area (Å²) < 4.78 is 5.62. The van der Waals surface area contributed by atoms with Crippen molar-refractivity contribution in [1.82, 2.24) is 10.3 Å². The van der Waals surface area contributed by atoms with Gasteiger partial charge in [0.2, 0.25) is 5.88 Å². The van der Waals surface area contributed by atoms with Gasteiger partial charge in [0, 0.05) is 24.9 Å². The maximum absolute atomic E-state index is 12.4. The number of nitrogens with one attached hydrogen (secondary N) is 1. The number of aromatic nitrogens is 1. The van der Waals surface area contributed by atoms with Crippen molar-refractivity contribution in [3.05, 3.63) is 52.1 Å². The van der Waals surface area contributed by atoms with Gasteiger partial charge in [-0.25, -0.2) is 4.98 Å². The molecule has 1 fully saturated rings. The van der Waals surface area contributed by atoms with Crippen LogP contribution in [0.1, 0.15) is 36.0 Å². The molecule has 0 atom stereocenters. The third-order valence-corrected chi connectivity index (χ3v) is 5.37. The number of aliphatic hydroxyl groups excluding tert-OH is 1. The number of hydrogen-bond acceptors (Lipinski definition) is 4. The number of amides is 1. The first kappa shape index (κ1) is 19.0. The molecule has 0 bridgehead atoms. The van der Waals surface area contributed by atoms with Gasteiger partial charge in [0.05, 0.1) is 10.6 Å². The summed E-state index contributed by atoms with van der Waals surface area (Å²) in [5.41, 5.74) is 0.471. The molecule has 0 spiro atoms. The summed E-state index contributed by atoms with van der Waals surface area (Å²) in [5, 5.41) is 12.9. The third-order valence-electron chi connectivity index (χ3n) is 4.57. The number of rotatable bonds is 5. The Bertz CT molecular complexity index is 760. The minimum absolute atomic E-state index is 0.145. The fourth-order valence-corrected chi connectivity index (χ4v) is 3.34. The van der Waals surface area contributed by atoms with E-state index in [0.717, 1.165) is 25.7 Å². The van der Waals surface area contributed by atoms with E-state index in [4.69, 9.17) is 27.9 Å². The first-order valence-electron chi connectivity index (χ1n) is 8.56. The first-order valence-corrected chi connectivity index (χ1v) is 9.32. The number of pyridine rings is 1. The van der Waals surface area contributed by atoms with Gasteiger partial charge >= 0.3 is 0 Å². The Morgan fingerprint density at radius 1 is 1.19 bits per heavy atom. The maximum atomic E-state index is 12.4. The predicted octanol–water partition coefficient (Wildman–Crippen LogP) is 4.46. The molecule has 7 heteroatoms. The van der Waals surface area contributed by atoms with Crippen LogP contribution in [0.4, 0.5) is 0 Å². The molecule has 2 N–H and O–H groups in total. The number of halogens is 2. The maximum Gasteiger partial charge on any atom is 0.253 e. The molecule has 1 saturated carbocycles. The second kappa shape index (κ2) is 8.71. The van der Waals surface area contributed by atoms with Gasteiger partial charge in [-0.2, -0.15) is 0 Å². The van der Waals surface area contributed by atoms with E-state index in [1.54, 1.807) is 30.3 Å². The Morgan fingerprint density at radius 3 is 2.62 bits per heavy atom. The monoisotopic (exact) mass is 394 g/mol. The van der Waals surface area contributed by atoms with Crippen LogP contribution in [0.25, 0.3) is 0 Å². The molecule has 1 aromatic heterocycles. The number of ether oxygens (including phenoxy) is 1. The van der Waals surface area contributed by atoms with Gasteiger partial charge in [-0.05, 0) is 49.8 Å². The molecule has 1 aliphatic carbocycles. The standard InChI is InChI=1S/C19H20Cl2N2O3/c20-15-2-1-3-16(18(15)21)26-17-9-6-13(10-22-17)19(25)23-14-7-4-12(11-24)5-8-14/h1-3,6,9-10,12,14,24H,4-5,7-8,11H2,(H,23,25). The summed E-state index contributed by atoms with van der Waals surface area (Å²) in [6, 6.07) is 8.53. The van der Waals surface area contributed by atoms with Gasteiger partial charge in [0.25, 0.3) is 5.91 Å². The zero-order valence-electron chi connectivity index (χ0n) is 14.1. The lowest BCUT2D eigenvalue weighted by Gasteiger charge is -2.27. The Kier molecular flexibility index (Phi) is 6.35. The average Bonchev–Trinajstić information content (AvgIpc) is 2.66. The molecule has 5 nitrogen and oxygen atoms in total. The van der Waals surface area contributed by atoms with Crippen LogP contribution in [0, 0.1) is 5.92 Å². The fourth-order valence-electron chi connectivity index (χ4n) is 3.01. The van der Waals surface area contributed by atoms with E-state index in [-0.39, 0.29) is 18.6 Å². The number of benzene rings is 1. The Morgan fingerprint density at radius 2 is 1.96 bits per heavy atom. The highest BCUT2D eigenvalue weighted by Gasteiger charge is 2.22. The van der Waals surface area contributed by atoms with Crippen molar-refractivity contribution < 1.29 is 14.6 Å². The molecule has 0 saturated heterocycles. The molecule has 3 rings (SSSR count). The first-order chi connectivity index (χ1) is 12.6. The van der Waals surface area contributed by atoms with Gasteiger partial charge in [0.15, 0.2) is 0 Å². The Balaban J connectivity index is 1.58. The van der Waals surface area contributed by atoms with Crippen molar-refractivity contribution in [2.24, 2.45) is 5.92 Å². The molecule has 26 heavy (non-hydrogen) atoms. The lowest BCUT2D eigenvalue weighted by molar-refractivity contribution is 0.0913. The predicted molar refractivity (Wildman–Crippen MR) is 101 cm³/mol. The van der Waals surface area contributed by atoms with Crippen LogP contribution in [-0.4, -0.2) is 28.6 Å². The number of aliphatic hydroxyl groups is 1. The van der Waals surface area contributed by atoms with Crippen LogP contribution in [0.5, 0.6) is 11.6 Å². The van der Waals surface area contributed by atoms with Gasteiger partial charge in [-0.3, -0.25) is 4.79 Å². The van der Waals surface area contributed by atoms with E-state index in [2.05, 4.69) is 10.3 Å². The second-order valence-electron chi connectivity index (χ2n) is 6.41. The Labute approximate surface area is 162 Å². The van der Waals surface area contributed by atoms with E-state index < -0.39 is 0 Å². The second-order valence-corrected chi connectivity index (χ2v) is 7.20. The summed E-state index contributed by atoms with van der Waals surface area (Å²) in [4.78, 5) is 16.5. The van der Waals surface area contributed by atoms with Crippen molar-refractivity contribution >= 4 is 29.1 Å².